The van der Waals surface area contributed by atoms with Gasteiger partial charge in [-0.15, -0.1) is 0 Å². The Hall–Kier alpha value is -2.74. The molecule has 1 fully saturated rings. The molecule has 1 aliphatic rings. The molecule has 0 N–H and O–H groups in total. The van der Waals surface area contributed by atoms with Gasteiger partial charge in [0, 0.05) is 30.8 Å². The van der Waals surface area contributed by atoms with Gasteiger partial charge in [-0.3, -0.25) is 9.59 Å². The van der Waals surface area contributed by atoms with Crippen molar-refractivity contribution in [2.75, 3.05) is 33.4 Å². The number of methoxy groups -OCH3 is 1. The van der Waals surface area contributed by atoms with Crippen LogP contribution in [0.4, 0.5) is 4.39 Å². The maximum Gasteiger partial charge on any atom is 0.267 e. The second kappa shape index (κ2) is 7.43. The van der Waals surface area contributed by atoms with Gasteiger partial charge in [0.1, 0.15) is 18.1 Å². The Morgan fingerprint density at radius 3 is 2.76 bits per heavy atom. The Kier molecular flexibility index (Phi) is 5.08. The quantitative estimate of drug-likeness (QED) is 0.822. The molecule has 1 aromatic heterocycles. The van der Waals surface area contributed by atoms with E-state index >= 15 is 0 Å². The third-order valence-corrected chi connectivity index (χ3v) is 3.95. The second-order valence-corrected chi connectivity index (χ2v) is 5.55. The fourth-order valence-electron chi connectivity index (χ4n) is 2.62. The number of morpholine rings is 1. The molecule has 0 aliphatic carbocycles. The molecule has 25 heavy (non-hydrogen) atoms. The minimum Gasteiger partial charge on any atom is -0.496 e. The number of aromatic nitrogens is 2. The molecule has 3 rings (SSSR count). The zero-order valence-electron chi connectivity index (χ0n) is 13.8. The van der Waals surface area contributed by atoms with E-state index in [-0.39, 0.29) is 18.0 Å². The van der Waals surface area contributed by atoms with Crippen molar-refractivity contribution in [3.63, 3.8) is 0 Å². The Bertz CT molecular complexity index is 831. The van der Waals surface area contributed by atoms with Crippen LogP contribution in [0.5, 0.6) is 5.75 Å². The number of benzene rings is 1. The van der Waals surface area contributed by atoms with Crippen molar-refractivity contribution in [2.24, 2.45) is 0 Å². The normalized spacial score (nSPS) is 14.4. The molecular weight excluding hydrogens is 329 g/mol. The Morgan fingerprint density at radius 1 is 1.28 bits per heavy atom. The molecule has 2 heterocycles. The fraction of sp³-hybridized carbons (Fsp3) is 0.353. The molecule has 0 atom stereocenters. The molecule has 1 aromatic carbocycles. The van der Waals surface area contributed by atoms with Gasteiger partial charge in [-0.25, -0.2) is 9.07 Å². The maximum atomic E-state index is 13.4. The first-order valence-corrected chi connectivity index (χ1v) is 7.86. The van der Waals surface area contributed by atoms with Crippen LogP contribution in [0.3, 0.4) is 0 Å². The third-order valence-electron chi connectivity index (χ3n) is 3.95. The molecule has 0 spiro atoms. The van der Waals surface area contributed by atoms with E-state index in [9.17, 15) is 14.0 Å². The van der Waals surface area contributed by atoms with Crippen LogP contribution >= 0.6 is 0 Å². The zero-order valence-corrected chi connectivity index (χ0v) is 13.8. The summed E-state index contributed by atoms with van der Waals surface area (Å²) in [6.07, 6.45) is 0. The van der Waals surface area contributed by atoms with E-state index in [4.69, 9.17) is 9.47 Å². The van der Waals surface area contributed by atoms with E-state index < -0.39 is 5.82 Å². The van der Waals surface area contributed by atoms with Crippen molar-refractivity contribution >= 4 is 5.91 Å². The first-order valence-electron chi connectivity index (χ1n) is 7.86. The number of amides is 1. The Balaban J connectivity index is 1.88. The molecular formula is C17H18FN3O4. The summed E-state index contributed by atoms with van der Waals surface area (Å²) in [5, 5.41) is 4.24. The highest BCUT2D eigenvalue weighted by molar-refractivity contribution is 5.76. The topological polar surface area (TPSA) is 73.7 Å². The van der Waals surface area contributed by atoms with Crippen LogP contribution < -0.4 is 10.3 Å². The maximum absolute atomic E-state index is 13.4. The van der Waals surface area contributed by atoms with E-state index in [1.165, 1.54) is 37.4 Å². The highest BCUT2D eigenvalue weighted by atomic mass is 19.1. The monoisotopic (exact) mass is 347 g/mol. The van der Waals surface area contributed by atoms with Crippen LogP contribution in [0.15, 0.2) is 35.1 Å². The van der Waals surface area contributed by atoms with Crippen LogP contribution in [-0.4, -0.2) is 54.0 Å². The van der Waals surface area contributed by atoms with Crippen molar-refractivity contribution in [3.8, 4) is 17.0 Å². The van der Waals surface area contributed by atoms with Crippen LogP contribution in [0, 0.1) is 5.82 Å². The van der Waals surface area contributed by atoms with Gasteiger partial charge in [-0.2, -0.15) is 5.10 Å². The number of hydrogen-bond acceptors (Lipinski definition) is 5. The molecule has 0 saturated carbocycles. The number of nitrogens with zero attached hydrogens (tertiary/aromatic N) is 3. The summed E-state index contributed by atoms with van der Waals surface area (Å²) in [6.45, 7) is 1.82. The van der Waals surface area contributed by atoms with Gasteiger partial charge in [0.05, 0.1) is 26.0 Å². The number of hydrogen-bond donors (Lipinski definition) is 0. The Labute approximate surface area is 143 Å². The van der Waals surface area contributed by atoms with Gasteiger partial charge in [-0.1, -0.05) is 0 Å². The summed E-state index contributed by atoms with van der Waals surface area (Å²) in [6, 6.07) is 6.90. The van der Waals surface area contributed by atoms with Crippen molar-refractivity contribution in [1.29, 1.82) is 0 Å². The van der Waals surface area contributed by atoms with Crippen LogP contribution in [0.1, 0.15) is 0 Å². The first kappa shape index (κ1) is 17.1. The summed E-state index contributed by atoms with van der Waals surface area (Å²) in [5.41, 5.74) is 0.578. The minimum atomic E-state index is -0.434. The van der Waals surface area contributed by atoms with E-state index in [0.29, 0.717) is 43.3 Å². The van der Waals surface area contributed by atoms with Crippen molar-refractivity contribution in [1.82, 2.24) is 14.7 Å². The van der Waals surface area contributed by atoms with E-state index in [1.54, 1.807) is 4.90 Å². The third kappa shape index (κ3) is 3.85. The van der Waals surface area contributed by atoms with Crippen molar-refractivity contribution in [3.05, 3.63) is 46.5 Å². The van der Waals surface area contributed by atoms with Gasteiger partial charge in [-0.05, 0) is 18.2 Å². The predicted octanol–water partition coefficient (Wildman–Crippen LogP) is 0.917. The number of ether oxygens (including phenoxy) is 2. The van der Waals surface area contributed by atoms with E-state index in [2.05, 4.69) is 5.10 Å². The molecule has 7 nitrogen and oxygen atoms in total. The lowest BCUT2D eigenvalue weighted by atomic mass is 10.1. The summed E-state index contributed by atoms with van der Waals surface area (Å²) in [7, 11) is 1.43. The molecule has 1 saturated heterocycles. The smallest absolute Gasteiger partial charge is 0.267 e. The van der Waals surface area contributed by atoms with Crippen molar-refractivity contribution < 1.29 is 18.7 Å². The Morgan fingerprint density at radius 2 is 2.04 bits per heavy atom. The molecule has 0 unspecified atom stereocenters. The lowest BCUT2D eigenvalue weighted by molar-refractivity contribution is -0.136. The van der Waals surface area contributed by atoms with E-state index in [0.717, 1.165) is 4.68 Å². The average Bonchev–Trinajstić information content (AvgIpc) is 2.64. The first-order chi connectivity index (χ1) is 12.1. The fourth-order valence-corrected chi connectivity index (χ4v) is 2.62. The average molecular weight is 347 g/mol. The van der Waals surface area contributed by atoms with Gasteiger partial charge in [0.25, 0.3) is 5.56 Å². The minimum absolute atomic E-state index is 0.157. The molecule has 8 heteroatoms. The van der Waals surface area contributed by atoms with Crippen molar-refractivity contribution in [2.45, 2.75) is 6.54 Å². The van der Waals surface area contributed by atoms with Gasteiger partial charge < -0.3 is 14.4 Å². The lowest BCUT2D eigenvalue weighted by Crippen LogP contribution is -2.43. The van der Waals surface area contributed by atoms with Gasteiger partial charge in [0.2, 0.25) is 5.91 Å². The molecule has 1 amide bonds. The number of halogens is 1. The molecule has 132 valence electrons. The summed E-state index contributed by atoms with van der Waals surface area (Å²) in [4.78, 5) is 26.0. The molecule has 2 aromatic rings. The number of rotatable bonds is 4. The number of carbonyl (C=O) groups is 1. The number of carbonyl (C=O) groups excluding carboxylic acids is 1. The molecule has 0 bridgehead atoms. The predicted molar refractivity (Wildman–Crippen MR) is 87.8 cm³/mol. The molecule has 0 radical (unpaired) electrons. The van der Waals surface area contributed by atoms with Crippen LogP contribution in [0.2, 0.25) is 0 Å². The van der Waals surface area contributed by atoms with Gasteiger partial charge >= 0.3 is 0 Å². The zero-order chi connectivity index (χ0) is 17.8. The second-order valence-electron chi connectivity index (χ2n) is 5.55. The summed E-state index contributed by atoms with van der Waals surface area (Å²) in [5.74, 6) is -0.324. The largest absolute Gasteiger partial charge is 0.496 e. The SMILES string of the molecule is COc1cc(F)ccc1-c1ccc(=O)n(CC(=O)N2CCOCC2)n1. The van der Waals surface area contributed by atoms with Crippen LogP contribution in [0.25, 0.3) is 11.3 Å². The summed E-state index contributed by atoms with van der Waals surface area (Å²) < 4.78 is 24.8. The molecule has 1 aliphatic heterocycles. The lowest BCUT2D eigenvalue weighted by Gasteiger charge is -2.26. The van der Waals surface area contributed by atoms with Gasteiger partial charge in [0.15, 0.2) is 0 Å². The highest BCUT2D eigenvalue weighted by Gasteiger charge is 2.18. The highest BCUT2D eigenvalue weighted by Crippen LogP contribution is 2.28. The summed E-state index contributed by atoms with van der Waals surface area (Å²) >= 11 is 0. The standard InChI is InChI=1S/C17H18FN3O4/c1-24-15-10-12(18)2-3-13(15)14-4-5-16(22)21(19-14)11-17(23)20-6-8-25-9-7-20/h2-5,10H,6-9,11H2,1H3. The van der Waals surface area contributed by atoms with E-state index in [1.807, 2.05) is 0 Å². The van der Waals surface area contributed by atoms with Crippen LogP contribution in [-0.2, 0) is 16.1 Å².